The summed E-state index contributed by atoms with van der Waals surface area (Å²) in [6.07, 6.45) is 0.575. The van der Waals surface area contributed by atoms with E-state index in [2.05, 4.69) is 4.99 Å². The third-order valence-electron chi connectivity index (χ3n) is 2.20. The molecule has 1 amide bonds. The minimum atomic E-state index is -0.408. The first-order valence-corrected chi connectivity index (χ1v) is 4.17. The number of hydrogen-bond acceptors (Lipinski definition) is 2. The number of nitrogens with zero attached hydrogens (tertiary/aromatic N) is 1. The number of nitrogens with two attached hydrogens (primary N) is 1. The molecule has 1 aliphatic heterocycles. The Morgan fingerprint density at radius 2 is 2.00 bits per heavy atom. The SMILES string of the molecule is NC(=O)C1=NCc2ccccc2C1. The van der Waals surface area contributed by atoms with Gasteiger partial charge in [0.1, 0.15) is 5.71 Å². The van der Waals surface area contributed by atoms with E-state index >= 15 is 0 Å². The summed E-state index contributed by atoms with van der Waals surface area (Å²) in [7, 11) is 0. The van der Waals surface area contributed by atoms with Gasteiger partial charge >= 0.3 is 0 Å². The normalized spacial score (nSPS) is 14.6. The Bertz CT molecular complexity index is 382. The van der Waals surface area contributed by atoms with E-state index in [1.165, 1.54) is 5.56 Å². The van der Waals surface area contributed by atoms with Crippen molar-refractivity contribution in [3.63, 3.8) is 0 Å². The molecule has 3 nitrogen and oxygen atoms in total. The van der Waals surface area contributed by atoms with Crippen molar-refractivity contribution in [2.45, 2.75) is 13.0 Å². The predicted molar refractivity (Wildman–Crippen MR) is 50.5 cm³/mol. The molecule has 0 saturated carbocycles. The van der Waals surface area contributed by atoms with Crippen LogP contribution >= 0.6 is 0 Å². The maximum atomic E-state index is 10.9. The van der Waals surface area contributed by atoms with E-state index in [-0.39, 0.29) is 0 Å². The quantitative estimate of drug-likeness (QED) is 0.668. The van der Waals surface area contributed by atoms with Crippen LogP contribution in [0.15, 0.2) is 29.3 Å². The van der Waals surface area contributed by atoms with Gasteiger partial charge in [-0.05, 0) is 11.1 Å². The van der Waals surface area contributed by atoms with E-state index in [0.29, 0.717) is 18.7 Å². The summed E-state index contributed by atoms with van der Waals surface area (Å²) in [4.78, 5) is 15.0. The number of benzene rings is 1. The molecule has 0 spiro atoms. The topological polar surface area (TPSA) is 55.5 Å². The van der Waals surface area contributed by atoms with E-state index in [9.17, 15) is 4.79 Å². The van der Waals surface area contributed by atoms with E-state index in [4.69, 9.17) is 5.73 Å². The summed E-state index contributed by atoms with van der Waals surface area (Å²) in [6, 6.07) is 7.97. The number of hydrogen-bond donors (Lipinski definition) is 1. The highest BCUT2D eigenvalue weighted by molar-refractivity contribution is 6.39. The predicted octanol–water partition coefficient (Wildman–Crippen LogP) is 0.669. The van der Waals surface area contributed by atoms with Gasteiger partial charge in [-0.1, -0.05) is 24.3 Å². The number of amides is 1. The van der Waals surface area contributed by atoms with Crippen LogP contribution in [0.25, 0.3) is 0 Å². The van der Waals surface area contributed by atoms with Gasteiger partial charge in [0.15, 0.2) is 0 Å². The van der Waals surface area contributed by atoms with Crippen molar-refractivity contribution in [1.82, 2.24) is 0 Å². The van der Waals surface area contributed by atoms with E-state index < -0.39 is 5.91 Å². The van der Waals surface area contributed by atoms with Gasteiger partial charge in [0.2, 0.25) is 0 Å². The van der Waals surface area contributed by atoms with Crippen LogP contribution in [0.5, 0.6) is 0 Å². The van der Waals surface area contributed by atoms with Gasteiger partial charge in [-0.3, -0.25) is 9.79 Å². The number of carbonyl (C=O) groups excluding carboxylic acids is 1. The van der Waals surface area contributed by atoms with Crippen LogP contribution in [0.2, 0.25) is 0 Å². The second-order valence-electron chi connectivity index (χ2n) is 3.07. The Morgan fingerprint density at radius 1 is 1.31 bits per heavy atom. The van der Waals surface area contributed by atoms with Gasteiger partial charge in [-0.2, -0.15) is 0 Å². The van der Waals surface area contributed by atoms with Crippen LogP contribution in [-0.2, 0) is 17.8 Å². The van der Waals surface area contributed by atoms with Crippen LogP contribution in [0.1, 0.15) is 11.1 Å². The molecule has 0 saturated heterocycles. The number of primary amides is 1. The molecule has 0 unspecified atom stereocenters. The van der Waals surface area contributed by atoms with Crippen LogP contribution in [-0.4, -0.2) is 11.6 Å². The Kier molecular flexibility index (Phi) is 1.85. The smallest absolute Gasteiger partial charge is 0.262 e. The molecule has 13 heavy (non-hydrogen) atoms. The van der Waals surface area contributed by atoms with Gasteiger partial charge in [0, 0.05) is 6.42 Å². The average Bonchev–Trinajstić information content (AvgIpc) is 2.17. The molecule has 1 heterocycles. The zero-order valence-electron chi connectivity index (χ0n) is 7.16. The van der Waals surface area contributed by atoms with E-state index in [1.807, 2.05) is 24.3 Å². The number of fused-ring (bicyclic) bond motifs is 1. The summed E-state index contributed by atoms with van der Waals surface area (Å²) in [5.41, 5.74) is 7.99. The highest BCUT2D eigenvalue weighted by Gasteiger charge is 2.14. The number of aliphatic imine (C=N–C) groups is 1. The van der Waals surface area contributed by atoms with Crippen LogP contribution in [0, 0.1) is 0 Å². The maximum absolute atomic E-state index is 10.9. The molecular formula is C10H10N2O. The fraction of sp³-hybridized carbons (Fsp3) is 0.200. The molecule has 0 aromatic heterocycles. The van der Waals surface area contributed by atoms with Crippen LogP contribution in [0.4, 0.5) is 0 Å². The minimum Gasteiger partial charge on any atom is -0.365 e. The lowest BCUT2D eigenvalue weighted by molar-refractivity contribution is -0.112. The molecule has 66 valence electrons. The van der Waals surface area contributed by atoms with Crippen molar-refractivity contribution < 1.29 is 4.79 Å². The largest absolute Gasteiger partial charge is 0.365 e. The fourth-order valence-electron chi connectivity index (χ4n) is 1.47. The highest BCUT2D eigenvalue weighted by atomic mass is 16.1. The molecule has 0 aliphatic carbocycles. The van der Waals surface area contributed by atoms with Crippen LogP contribution in [0.3, 0.4) is 0 Å². The Balaban J connectivity index is 2.33. The number of carbonyl (C=O) groups is 1. The molecule has 1 aromatic rings. The molecule has 0 atom stereocenters. The maximum Gasteiger partial charge on any atom is 0.262 e. The second-order valence-corrected chi connectivity index (χ2v) is 3.07. The van der Waals surface area contributed by atoms with E-state index in [0.717, 1.165) is 5.56 Å². The fourth-order valence-corrected chi connectivity index (χ4v) is 1.47. The van der Waals surface area contributed by atoms with Gasteiger partial charge in [-0.25, -0.2) is 0 Å². The summed E-state index contributed by atoms with van der Waals surface area (Å²) in [5.74, 6) is -0.408. The third-order valence-corrected chi connectivity index (χ3v) is 2.20. The first kappa shape index (κ1) is 7.98. The Hall–Kier alpha value is -1.64. The lowest BCUT2D eigenvalue weighted by Gasteiger charge is -2.13. The van der Waals surface area contributed by atoms with Gasteiger partial charge in [-0.15, -0.1) is 0 Å². The molecule has 3 heteroatoms. The summed E-state index contributed by atoms with van der Waals surface area (Å²) in [5, 5.41) is 0. The zero-order valence-corrected chi connectivity index (χ0v) is 7.16. The van der Waals surface area contributed by atoms with Crippen LogP contribution < -0.4 is 5.73 Å². The average molecular weight is 174 g/mol. The van der Waals surface area contributed by atoms with Crippen molar-refractivity contribution in [3.05, 3.63) is 35.4 Å². The lowest BCUT2D eigenvalue weighted by atomic mass is 9.99. The first-order chi connectivity index (χ1) is 6.27. The number of rotatable bonds is 1. The van der Waals surface area contributed by atoms with Crippen molar-refractivity contribution in [3.8, 4) is 0 Å². The summed E-state index contributed by atoms with van der Waals surface area (Å²) in [6.45, 7) is 0.578. The molecule has 1 aliphatic rings. The Morgan fingerprint density at radius 3 is 2.69 bits per heavy atom. The van der Waals surface area contributed by atoms with Crippen molar-refractivity contribution >= 4 is 11.6 Å². The molecular weight excluding hydrogens is 164 g/mol. The zero-order chi connectivity index (χ0) is 9.26. The van der Waals surface area contributed by atoms with E-state index in [1.54, 1.807) is 0 Å². The first-order valence-electron chi connectivity index (χ1n) is 4.17. The minimum absolute atomic E-state index is 0.408. The lowest BCUT2D eigenvalue weighted by Crippen LogP contribution is -2.27. The van der Waals surface area contributed by atoms with Gasteiger partial charge in [0.05, 0.1) is 6.54 Å². The molecule has 2 N–H and O–H groups in total. The third kappa shape index (κ3) is 1.45. The standard InChI is InChI=1S/C10H10N2O/c11-10(13)9-5-7-3-1-2-4-8(7)6-12-9/h1-4H,5-6H2,(H2,11,13). The van der Waals surface area contributed by atoms with Crippen molar-refractivity contribution in [2.24, 2.45) is 10.7 Å². The highest BCUT2D eigenvalue weighted by Crippen LogP contribution is 2.15. The monoisotopic (exact) mass is 174 g/mol. The molecule has 0 radical (unpaired) electrons. The summed E-state index contributed by atoms with van der Waals surface area (Å²) >= 11 is 0. The second kappa shape index (κ2) is 3.01. The van der Waals surface area contributed by atoms with Crippen molar-refractivity contribution in [1.29, 1.82) is 0 Å². The van der Waals surface area contributed by atoms with Gasteiger partial charge < -0.3 is 5.73 Å². The van der Waals surface area contributed by atoms with Crippen molar-refractivity contribution in [2.75, 3.05) is 0 Å². The molecule has 2 rings (SSSR count). The Labute approximate surface area is 76.3 Å². The molecule has 1 aromatic carbocycles. The molecule has 0 fully saturated rings. The van der Waals surface area contributed by atoms with Gasteiger partial charge in [0.25, 0.3) is 5.91 Å². The molecule has 0 bridgehead atoms. The summed E-state index contributed by atoms with van der Waals surface area (Å²) < 4.78 is 0.